The zero-order chi connectivity index (χ0) is 13.9. The molecule has 1 heterocycles. The molecule has 0 saturated carbocycles. The molecule has 0 saturated heterocycles. The summed E-state index contributed by atoms with van der Waals surface area (Å²) >= 11 is 0. The van der Waals surface area contributed by atoms with E-state index in [0.29, 0.717) is 0 Å². The topological polar surface area (TPSA) is 61.4 Å². The van der Waals surface area contributed by atoms with Crippen molar-refractivity contribution in [2.75, 3.05) is 11.9 Å². The predicted molar refractivity (Wildman–Crippen MR) is 77.9 cm³/mol. The minimum Gasteiger partial charge on any atom is -0.507 e. The fraction of sp³-hybridized carbons (Fsp3) is 0.188. The van der Waals surface area contributed by atoms with Crippen LogP contribution >= 0.6 is 0 Å². The summed E-state index contributed by atoms with van der Waals surface area (Å²) in [6, 6.07) is 12.5. The van der Waals surface area contributed by atoms with Gasteiger partial charge in [-0.1, -0.05) is 18.2 Å². The lowest BCUT2D eigenvalue weighted by Gasteiger charge is -2.18. The van der Waals surface area contributed by atoms with Gasteiger partial charge < -0.3 is 15.7 Å². The van der Waals surface area contributed by atoms with Crippen molar-refractivity contribution in [2.45, 2.75) is 13.0 Å². The van der Waals surface area contributed by atoms with Gasteiger partial charge in [-0.05, 0) is 48.4 Å². The molecule has 0 radical (unpaired) electrons. The van der Waals surface area contributed by atoms with Gasteiger partial charge in [0, 0.05) is 12.2 Å². The molecule has 1 aliphatic rings. The zero-order valence-corrected chi connectivity index (χ0v) is 11.0. The van der Waals surface area contributed by atoms with Crippen LogP contribution in [-0.2, 0) is 13.0 Å². The molecule has 2 aromatic carbocycles. The monoisotopic (exact) mass is 268 g/mol. The Bertz CT molecular complexity index is 653. The van der Waals surface area contributed by atoms with Crippen LogP contribution in [0.1, 0.15) is 21.5 Å². The number of anilines is 1. The van der Waals surface area contributed by atoms with Gasteiger partial charge in [0.25, 0.3) is 5.91 Å². The summed E-state index contributed by atoms with van der Waals surface area (Å²) < 4.78 is 0. The van der Waals surface area contributed by atoms with E-state index in [0.717, 1.165) is 25.2 Å². The number of phenolic OH excluding ortho intramolecular Hbond substituents is 1. The summed E-state index contributed by atoms with van der Waals surface area (Å²) in [5, 5.41) is 15.8. The summed E-state index contributed by atoms with van der Waals surface area (Å²) in [4.78, 5) is 12.1. The van der Waals surface area contributed by atoms with Crippen LogP contribution < -0.4 is 10.6 Å². The van der Waals surface area contributed by atoms with E-state index >= 15 is 0 Å². The molecule has 4 nitrogen and oxygen atoms in total. The molecular weight excluding hydrogens is 252 g/mol. The summed E-state index contributed by atoms with van der Waals surface area (Å²) in [6.07, 6.45) is 1.02. The maximum atomic E-state index is 12.1. The highest BCUT2D eigenvalue weighted by Gasteiger charge is 2.13. The van der Waals surface area contributed by atoms with Crippen LogP contribution in [0.3, 0.4) is 0 Å². The third-order valence-corrected chi connectivity index (χ3v) is 3.50. The first-order chi connectivity index (χ1) is 9.74. The second-order valence-corrected chi connectivity index (χ2v) is 4.88. The molecule has 0 spiro atoms. The van der Waals surface area contributed by atoms with Crippen molar-refractivity contribution in [1.82, 2.24) is 5.32 Å². The average molecular weight is 268 g/mol. The Morgan fingerprint density at radius 3 is 2.85 bits per heavy atom. The van der Waals surface area contributed by atoms with Crippen molar-refractivity contribution in [3.63, 3.8) is 0 Å². The van der Waals surface area contributed by atoms with Crippen LogP contribution in [0.5, 0.6) is 5.75 Å². The van der Waals surface area contributed by atoms with Crippen LogP contribution in [0.15, 0.2) is 42.5 Å². The van der Waals surface area contributed by atoms with Crippen molar-refractivity contribution in [3.05, 3.63) is 59.2 Å². The lowest BCUT2D eigenvalue weighted by atomic mass is 10.0. The molecule has 0 bridgehead atoms. The standard InChI is InChI=1S/C16H16N2O2/c19-15-4-2-1-3-14(15)16(20)18-13-6-5-11-7-8-17-10-12(11)9-13/h1-6,9,17,19H,7-8,10H2,(H,18,20). The minimum absolute atomic E-state index is 0.00960. The number of carbonyl (C=O) groups is 1. The fourth-order valence-corrected chi connectivity index (χ4v) is 2.42. The Balaban J connectivity index is 1.81. The number of para-hydroxylation sites is 1. The molecule has 0 atom stereocenters. The molecule has 1 aliphatic heterocycles. The molecule has 3 N–H and O–H groups in total. The van der Waals surface area contributed by atoms with Crippen LogP contribution in [0.4, 0.5) is 5.69 Å². The van der Waals surface area contributed by atoms with Crippen molar-refractivity contribution in [2.24, 2.45) is 0 Å². The third kappa shape index (κ3) is 2.51. The Morgan fingerprint density at radius 1 is 1.15 bits per heavy atom. The van der Waals surface area contributed by atoms with E-state index in [1.165, 1.54) is 17.2 Å². The highest BCUT2D eigenvalue weighted by molar-refractivity contribution is 6.06. The lowest BCUT2D eigenvalue weighted by Crippen LogP contribution is -2.23. The Kier molecular flexibility index (Phi) is 3.39. The second-order valence-electron chi connectivity index (χ2n) is 4.88. The number of hydrogen-bond acceptors (Lipinski definition) is 3. The van der Waals surface area contributed by atoms with Gasteiger partial charge in [-0.2, -0.15) is 0 Å². The SMILES string of the molecule is O=C(Nc1ccc2c(c1)CNCC2)c1ccccc1O. The van der Waals surface area contributed by atoms with E-state index in [2.05, 4.69) is 16.7 Å². The van der Waals surface area contributed by atoms with Crippen LogP contribution in [-0.4, -0.2) is 17.6 Å². The minimum atomic E-state index is -0.299. The van der Waals surface area contributed by atoms with Gasteiger partial charge in [0.15, 0.2) is 0 Å². The largest absolute Gasteiger partial charge is 0.507 e. The summed E-state index contributed by atoms with van der Waals surface area (Å²) in [5.41, 5.74) is 3.57. The summed E-state index contributed by atoms with van der Waals surface area (Å²) in [5.74, 6) is -0.309. The Morgan fingerprint density at radius 2 is 2.00 bits per heavy atom. The molecule has 3 rings (SSSR count). The number of aromatic hydroxyl groups is 1. The molecule has 102 valence electrons. The molecule has 4 heteroatoms. The maximum absolute atomic E-state index is 12.1. The first-order valence-electron chi connectivity index (χ1n) is 6.66. The van der Waals surface area contributed by atoms with Crippen molar-refractivity contribution in [3.8, 4) is 5.75 Å². The third-order valence-electron chi connectivity index (χ3n) is 3.50. The molecule has 2 aromatic rings. The average Bonchev–Trinajstić information content (AvgIpc) is 2.47. The van der Waals surface area contributed by atoms with E-state index in [1.54, 1.807) is 18.2 Å². The molecule has 1 amide bonds. The van der Waals surface area contributed by atoms with E-state index in [-0.39, 0.29) is 17.2 Å². The summed E-state index contributed by atoms with van der Waals surface area (Å²) in [6.45, 7) is 1.83. The fourth-order valence-electron chi connectivity index (χ4n) is 2.42. The second kappa shape index (κ2) is 5.35. The van der Waals surface area contributed by atoms with Gasteiger partial charge in [-0.25, -0.2) is 0 Å². The number of benzene rings is 2. The van der Waals surface area contributed by atoms with Crippen molar-refractivity contribution >= 4 is 11.6 Å². The first-order valence-corrected chi connectivity index (χ1v) is 6.66. The van der Waals surface area contributed by atoms with Crippen LogP contribution in [0.2, 0.25) is 0 Å². The number of fused-ring (bicyclic) bond motifs is 1. The van der Waals surface area contributed by atoms with E-state index in [4.69, 9.17) is 0 Å². The Labute approximate surface area is 117 Å². The lowest BCUT2D eigenvalue weighted by molar-refractivity contribution is 0.102. The van der Waals surface area contributed by atoms with Gasteiger partial charge >= 0.3 is 0 Å². The predicted octanol–water partition coefficient (Wildman–Crippen LogP) is 2.29. The molecule has 0 unspecified atom stereocenters. The van der Waals surface area contributed by atoms with Crippen LogP contribution in [0, 0.1) is 0 Å². The highest BCUT2D eigenvalue weighted by atomic mass is 16.3. The highest BCUT2D eigenvalue weighted by Crippen LogP contribution is 2.21. The molecule has 0 aromatic heterocycles. The van der Waals surface area contributed by atoms with Crippen molar-refractivity contribution in [1.29, 1.82) is 0 Å². The zero-order valence-electron chi connectivity index (χ0n) is 11.0. The number of rotatable bonds is 2. The summed E-state index contributed by atoms with van der Waals surface area (Å²) in [7, 11) is 0. The normalized spacial score (nSPS) is 13.6. The van der Waals surface area contributed by atoms with Gasteiger partial charge in [0.05, 0.1) is 5.56 Å². The van der Waals surface area contributed by atoms with E-state index < -0.39 is 0 Å². The van der Waals surface area contributed by atoms with Gasteiger partial charge in [-0.3, -0.25) is 4.79 Å². The van der Waals surface area contributed by atoms with Gasteiger partial charge in [0.1, 0.15) is 5.75 Å². The van der Waals surface area contributed by atoms with Gasteiger partial charge in [-0.15, -0.1) is 0 Å². The molecule has 0 fully saturated rings. The number of carbonyl (C=O) groups excluding carboxylic acids is 1. The quantitative estimate of drug-likeness (QED) is 0.783. The van der Waals surface area contributed by atoms with Crippen molar-refractivity contribution < 1.29 is 9.90 Å². The van der Waals surface area contributed by atoms with E-state index in [9.17, 15) is 9.90 Å². The van der Waals surface area contributed by atoms with E-state index in [1.807, 2.05) is 12.1 Å². The number of phenols is 1. The van der Waals surface area contributed by atoms with Gasteiger partial charge in [0.2, 0.25) is 0 Å². The Hall–Kier alpha value is -2.33. The smallest absolute Gasteiger partial charge is 0.259 e. The number of amides is 1. The molecular formula is C16H16N2O2. The molecule has 20 heavy (non-hydrogen) atoms. The molecule has 0 aliphatic carbocycles. The number of hydrogen-bond donors (Lipinski definition) is 3. The number of nitrogens with one attached hydrogen (secondary N) is 2. The first kappa shape index (κ1) is 12.7. The van der Waals surface area contributed by atoms with Crippen LogP contribution in [0.25, 0.3) is 0 Å². The maximum Gasteiger partial charge on any atom is 0.259 e.